The highest BCUT2D eigenvalue weighted by molar-refractivity contribution is 6.02. The van der Waals surface area contributed by atoms with Gasteiger partial charge in [-0.25, -0.2) is 14.8 Å². The summed E-state index contributed by atoms with van der Waals surface area (Å²) in [7, 11) is 3.51. The molecule has 0 unspecified atom stereocenters. The fourth-order valence-corrected chi connectivity index (χ4v) is 2.65. The summed E-state index contributed by atoms with van der Waals surface area (Å²) >= 11 is 0. The molecular formula is C16H17N5O3. The van der Waals surface area contributed by atoms with Crippen molar-refractivity contribution in [1.82, 2.24) is 24.4 Å². The molecule has 0 fully saturated rings. The van der Waals surface area contributed by atoms with Gasteiger partial charge in [0.1, 0.15) is 11.5 Å². The van der Waals surface area contributed by atoms with Crippen molar-refractivity contribution in [1.29, 1.82) is 0 Å². The molecular weight excluding hydrogens is 310 g/mol. The van der Waals surface area contributed by atoms with E-state index >= 15 is 0 Å². The Labute approximate surface area is 137 Å². The normalized spacial score (nSPS) is 10.9. The number of amides is 1. The Morgan fingerprint density at radius 2 is 2.00 bits per heavy atom. The fraction of sp³-hybridized carbons (Fsp3) is 0.250. The number of fused-ring (bicyclic) bond motifs is 1. The third-order valence-electron chi connectivity index (χ3n) is 3.87. The van der Waals surface area contributed by atoms with Crippen LogP contribution >= 0.6 is 0 Å². The van der Waals surface area contributed by atoms with Crippen molar-refractivity contribution in [3.8, 4) is 0 Å². The van der Waals surface area contributed by atoms with Gasteiger partial charge in [-0.1, -0.05) is 12.1 Å². The number of nitrogens with one attached hydrogen (secondary N) is 1. The van der Waals surface area contributed by atoms with E-state index in [9.17, 15) is 9.59 Å². The maximum absolute atomic E-state index is 12.2. The van der Waals surface area contributed by atoms with Gasteiger partial charge < -0.3 is 19.6 Å². The summed E-state index contributed by atoms with van der Waals surface area (Å²) < 4.78 is 3.38. The van der Waals surface area contributed by atoms with Crippen molar-refractivity contribution in [2.24, 2.45) is 14.1 Å². The average Bonchev–Trinajstić information content (AvgIpc) is 3.09. The summed E-state index contributed by atoms with van der Waals surface area (Å²) in [6.45, 7) is 0.347. The van der Waals surface area contributed by atoms with Gasteiger partial charge in [-0.3, -0.25) is 4.79 Å². The number of nitrogens with zero attached hydrogens (tertiary/aromatic N) is 4. The largest absolute Gasteiger partial charge is 0.476 e. The van der Waals surface area contributed by atoms with Crippen molar-refractivity contribution in [3.05, 3.63) is 47.8 Å². The van der Waals surface area contributed by atoms with E-state index in [0.29, 0.717) is 13.0 Å². The monoisotopic (exact) mass is 327 g/mol. The number of rotatable bonds is 5. The van der Waals surface area contributed by atoms with Crippen LogP contribution in [0.5, 0.6) is 0 Å². The van der Waals surface area contributed by atoms with E-state index in [2.05, 4.69) is 15.3 Å². The van der Waals surface area contributed by atoms with E-state index < -0.39 is 11.9 Å². The quantitative estimate of drug-likeness (QED) is 0.727. The number of carboxylic acids is 1. The number of aromatic carboxylic acids is 1. The second kappa shape index (κ2) is 6.15. The lowest BCUT2D eigenvalue weighted by atomic mass is 10.3. The fourth-order valence-electron chi connectivity index (χ4n) is 2.65. The molecule has 2 aromatic heterocycles. The summed E-state index contributed by atoms with van der Waals surface area (Å²) in [6.07, 6.45) is 1.85. The number of carbonyl (C=O) groups excluding carboxylic acids is 1. The Bertz CT molecular complexity index is 925. The molecule has 0 atom stereocenters. The molecule has 0 spiro atoms. The molecule has 1 amide bonds. The first-order chi connectivity index (χ1) is 11.5. The Kier molecular flexibility index (Phi) is 4.03. The summed E-state index contributed by atoms with van der Waals surface area (Å²) in [5.41, 5.74) is 1.71. The number of benzene rings is 1. The first kappa shape index (κ1) is 15.7. The topological polar surface area (TPSA) is 102 Å². The summed E-state index contributed by atoms with van der Waals surface area (Å²) in [5.74, 6) is -0.845. The lowest BCUT2D eigenvalue weighted by Crippen LogP contribution is -2.29. The Balaban J connectivity index is 1.70. The molecule has 2 heterocycles. The van der Waals surface area contributed by atoms with Crippen molar-refractivity contribution < 1.29 is 14.7 Å². The van der Waals surface area contributed by atoms with E-state index in [1.54, 1.807) is 7.05 Å². The Hall–Kier alpha value is -3.16. The number of imidazole rings is 2. The molecule has 124 valence electrons. The first-order valence-corrected chi connectivity index (χ1v) is 7.42. The van der Waals surface area contributed by atoms with Crippen LogP contribution in [0.3, 0.4) is 0 Å². The molecule has 3 rings (SSSR count). The molecule has 0 aliphatic carbocycles. The number of carboxylic acid groups (broad SMARTS) is 1. The van der Waals surface area contributed by atoms with Crippen LogP contribution in [-0.2, 0) is 20.5 Å². The van der Waals surface area contributed by atoms with Crippen LogP contribution in [0.15, 0.2) is 30.6 Å². The number of hydrogen-bond acceptors (Lipinski definition) is 4. The van der Waals surface area contributed by atoms with Crippen molar-refractivity contribution >= 4 is 22.9 Å². The molecule has 8 heteroatoms. The molecule has 8 nitrogen and oxygen atoms in total. The van der Waals surface area contributed by atoms with Gasteiger partial charge in [0.25, 0.3) is 5.91 Å². The van der Waals surface area contributed by atoms with Crippen LogP contribution in [0.2, 0.25) is 0 Å². The summed E-state index contributed by atoms with van der Waals surface area (Å²) in [4.78, 5) is 31.6. The Morgan fingerprint density at radius 3 is 2.71 bits per heavy atom. The molecule has 3 aromatic rings. The molecule has 0 saturated heterocycles. The number of aromatic nitrogens is 4. The predicted octanol–water partition coefficient (Wildman–Crippen LogP) is 0.977. The highest BCUT2D eigenvalue weighted by Crippen LogP contribution is 2.14. The first-order valence-electron chi connectivity index (χ1n) is 7.42. The molecule has 0 bridgehead atoms. The van der Waals surface area contributed by atoms with Gasteiger partial charge in [0.05, 0.1) is 17.4 Å². The standard InChI is InChI=1S/C16H17N5O3/c1-20-9-18-13(16(23)24)14(20)15(22)17-8-7-12-19-10-5-3-4-6-11(10)21(12)2/h3-6,9H,7-8H2,1-2H3,(H,17,22)(H,23,24). The highest BCUT2D eigenvalue weighted by atomic mass is 16.4. The minimum Gasteiger partial charge on any atom is -0.476 e. The number of carbonyl (C=O) groups is 2. The number of para-hydroxylation sites is 2. The maximum Gasteiger partial charge on any atom is 0.356 e. The van der Waals surface area contributed by atoms with Crippen LogP contribution in [0.1, 0.15) is 26.8 Å². The van der Waals surface area contributed by atoms with Gasteiger partial charge in [-0.15, -0.1) is 0 Å². The average molecular weight is 327 g/mol. The third kappa shape index (κ3) is 2.73. The lowest BCUT2D eigenvalue weighted by molar-refractivity contribution is 0.0684. The van der Waals surface area contributed by atoms with E-state index in [1.807, 2.05) is 35.9 Å². The lowest BCUT2D eigenvalue weighted by Gasteiger charge is -2.07. The maximum atomic E-state index is 12.2. The third-order valence-corrected chi connectivity index (χ3v) is 3.87. The van der Waals surface area contributed by atoms with Crippen molar-refractivity contribution in [3.63, 3.8) is 0 Å². The molecule has 0 saturated carbocycles. The van der Waals surface area contributed by atoms with Gasteiger partial charge >= 0.3 is 5.97 Å². The van der Waals surface area contributed by atoms with Crippen LogP contribution in [0.25, 0.3) is 11.0 Å². The number of aryl methyl sites for hydroxylation is 2. The van der Waals surface area contributed by atoms with Crippen LogP contribution in [-0.4, -0.2) is 42.6 Å². The molecule has 24 heavy (non-hydrogen) atoms. The van der Waals surface area contributed by atoms with E-state index in [1.165, 1.54) is 10.9 Å². The van der Waals surface area contributed by atoms with Crippen LogP contribution in [0.4, 0.5) is 0 Å². The second-order valence-corrected chi connectivity index (χ2v) is 5.44. The summed E-state index contributed by atoms with van der Waals surface area (Å²) in [6, 6.07) is 7.80. The SMILES string of the molecule is Cn1cnc(C(=O)O)c1C(=O)NCCc1nc2ccccc2n1C. The van der Waals surface area contributed by atoms with Gasteiger partial charge in [-0.05, 0) is 12.1 Å². The van der Waals surface area contributed by atoms with Gasteiger partial charge in [0, 0.05) is 27.1 Å². The molecule has 0 aliphatic rings. The van der Waals surface area contributed by atoms with E-state index in [-0.39, 0.29) is 11.4 Å². The number of hydrogen-bond donors (Lipinski definition) is 2. The van der Waals surface area contributed by atoms with Crippen LogP contribution < -0.4 is 5.32 Å². The van der Waals surface area contributed by atoms with E-state index in [0.717, 1.165) is 16.9 Å². The molecule has 0 radical (unpaired) electrons. The smallest absolute Gasteiger partial charge is 0.356 e. The zero-order chi connectivity index (χ0) is 17.3. The van der Waals surface area contributed by atoms with Crippen molar-refractivity contribution in [2.45, 2.75) is 6.42 Å². The molecule has 0 aliphatic heterocycles. The Morgan fingerprint density at radius 1 is 1.25 bits per heavy atom. The summed E-state index contributed by atoms with van der Waals surface area (Å²) in [5, 5.41) is 11.8. The van der Waals surface area contributed by atoms with Gasteiger partial charge in [0.2, 0.25) is 0 Å². The molecule has 2 N–H and O–H groups in total. The molecule has 1 aromatic carbocycles. The van der Waals surface area contributed by atoms with Gasteiger partial charge in [0.15, 0.2) is 5.69 Å². The highest BCUT2D eigenvalue weighted by Gasteiger charge is 2.21. The zero-order valence-electron chi connectivity index (χ0n) is 13.4. The van der Waals surface area contributed by atoms with Gasteiger partial charge in [-0.2, -0.15) is 0 Å². The second-order valence-electron chi connectivity index (χ2n) is 5.44. The van der Waals surface area contributed by atoms with E-state index in [4.69, 9.17) is 5.11 Å². The van der Waals surface area contributed by atoms with Crippen LogP contribution in [0, 0.1) is 0 Å². The zero-order valence-corrected chi connectivity index (χ0v) is 13.4. The minimum absolute atomic E-state index is 0.0347. The van der Waals surface area contributed by atoms with Crippen molar-refractivity contribution in [2.75, 3.05) is 6.54 Å². The minimum atomic E-state index is -1.23. The predicted molar refractivity (Wildman–Crippen MR) is 86.9 cm³/mol.